The van der Waals surface area contributed by atoms with Gasteiger partial charge in [-0.3, -0.25) is 0 Å². The summed E-state index contributed by atoms with van der Waals surface area (Å²) in [5.74, 6) is 0. The molecule has 0 radical (unpaired) electrons. The Hall–Kier alpha value is 0.430. The highest BCUT2D eigenvalue weighted by atomic mass is 31.2. The lowest BCUT2D eigenvalue weighted by molar-refractivity contribution is 0.538. The van der Waals surface area contributed by atoms with E-state index in [1.807, 2.05) is 0 Å². The van der Waals surface area contributed by atoms with Gasteiger partial charge in [0.05, 0.1) is 24.1 Å². The molecule has 0 heterocycles. The van der Waals surface area contributed by atoms with Crippen molar-refractivity contribution in [2.24, 2.45) is 0 Å². The van der Waals surface area contributed by atoms with Crippen LogP contribution >= 0.6 is 7.26 Å². The second-order valence-corrected chi connectivity index (χ2v) is 14.4. The van der Waals surface area contributed by atoms with Gasteiger partial charge in [0.1, 0.15) is 0 Å². The van der Waals surface area contributed by atoms with E-state index < -0.39 is 7.26 Å². The van der Waals surface area contributed by atoms with E-state index in [1.54, 1.807) is 31.3 Å². The van der Waals surface area contributed by atoms with Crippen molar-refractivity contribution in [1.82, 2.24) is 0 Å². The fourth-order valence-electron chi connectivity index (χ4n) is 5.14. The maximum atomic E-state index is 2.42. The molecule has 0 spiro atoms. The molecule has 0 aromatic carbocycles. The Morgan fingerprint density at radius 1 is 0.379 bits per heavy atom. The Labute approximate surface area is 188 Å². The van der Waals surface area contributed by atoms with Gasteiger partial charge < -0.3 is 0 Å². The summed E-state index contributed by atoms with van der Waals surface area (Å²) in [5, 5.41) is 0. The maximum Gasteiger partial charge on any atom is 0.0697 e. The fraction of sp³-hybridized carbons (Fsp3) is 1.00. The molecule has 0 bridgehead atoms. The normalized spacial score (nSPS) is 13.1. The van der Waals surface area contributed by atoms with Crippen molar-refractivity contribution in [3.63, 3.8) is 0 Å². The molecule has 176 valence electrons. The predicted molar refractivity (Wildman–Crippen MR) is 141 cm³/mol. The fourth-order valence-corrected chi connectivity index (χ4v) is 11.2. The third kappa shape index (κ3) is 15.0. The number of hydrogen-bond donors (Lipinski definition) is 0. The zero-order chi connectivity index (χ0) is 21.6. The van der Waals surface area contributed by atoms with Gasteiger partial charge in [-0.25, -0.2) is 0 Å². The molecular weight excluding hydrogens is 367 g/mol. The van der Waals surface area contributed by atoms with Gasteiger partial charge >= 0.3 is 0 Å². The molecule has 0 N–H and O–H groups in total. The van der Waals surface area contributed by atoms with E-state index in [0.29, 0.717) is 0 Å². The molecule has 0 fully saturated rings. The van der Waals surface area contributed by atoms with Gasteiger partial charge in [-0.1, -0.05) is 112 Å². The third-order valence-electron chi connectivity index (χ3n) is 7.18. The maximum absolute atomic E-state index is 2.42. The third-order valence-corrected chi connectivity index (χ3v) is 12.9. The van der Waals surface area contributed by atoms with Crippen LogP contribution in [0.15, 0.2) is 0 Å². The molecule has 0 saturated heterocycles. The van der Waals surface area contributed by atoms with E-state index in [2.05, 4.69) is 34.6 Å². The molecule has 0 saturated carbocycles. The van der Waals surface area contributed by atoms with Gasteiger partial charge in [0.25, 0.3) is 0 Å². The lowest BCUT2D eigenvalue weighted by Gasteiger charge is -2.36. The quantitative estimate of drug-likeness (QED) is 0.112. The van der Waals surface area contributed by atoms with Crippen LogP contribution in [0.5, 0.6) is 0 Å². The molecule has 0 nitrogen and oxygen atoms in total. The summed E-state index contributed by atoms with van der Waals surface area (Å²) >= 11 is 0. The molecule has 0 aliphatic heterocycles. The summed E-state index contributed by atoms with van der Waals surface area (Å²) in [6.45, 7) is 11.9. The van der Waals surface area contributed by atoms with Gasteiger partial charge in [-0.05, 0) is 44.9 Å². The zero-order valence-electron chi connectivity index (χ0n) is 21.6. The molecule has 29 heavy (non-hydrogen) atoms. The van der Waals surface area contributed by atoms with Crippen molar-refractivity contribution in [1.29, 1.82) is 0 Å². The lowest BCUT2D eigenvalue weighted by atomic mass is 10.0. The molecule has 1 atom stereocenters. The molecule has 0 aromatic heterocycles. The van der Waals surface area contributed by atoms with Gasteiger partial charge in [-0.15, -0.1) is 0 Å². The van der Waals surface area contributed by atoms with E-state index in [4.69, 9.17) is 0 Å². The standard InChI is InChI=1S/C28H60P/c1-6-11-16-18-19-20-22-24-28(23-21-17-12-7-2)29(25-13-8-3,26-14-9-4)27-15-10-5/h28H,6-27H2,1-5H3/q+1. The first kappa shape index (κ1) is 29.4. The highest BCUT2D eigenvalue weighted by molar-refractivity contribution is 7.76. The molecule has 0 aliphatic carbocycles. The summed E-state index contributed by atoms with van der Waals surface area (Å²) in [6.07, 6.45) is 32.9. The van der Waals surface area contributed by atoms with Crippen LogP contribution in [-0.4, -0.2) is 24.1 Å². The van der Waals surface area contributed by atoms with Gasteiger partial charge in [0.15, 0.2) is 0 Å². The van der Waals surface area contributed by atoms with E-state index in [-0.39, 0.29) is 0 Å². The summed E-state index contributed by atoms with van der Waals surface area (Å²) in [6, 6.07) is 0. The van der Waals surface area contributed by atoms with Crippen LogP contribution < -0.4 is 0 Å². The summed E-state index contributed by atoms with van der Waals surface area (Å²) in [4.78, 5) is 0. The monoisotopic (exact) mass is 427 g/mol. The smallest absolute Gasteiger partial charge is 0.0654 e. The first-order chi connectivity index (χ1) is 14.2. The largest absolute Gasteiger partial charge is 0.0697 e. The number of hydrogen-bond acceptors (Lipinski definition) is 0. The second-order valence-electron chi connectivity index (χ2n) is 9.86. The Morgan fingerprint density at radius 2 is 0.690 bits per heavy atom. The Bertz CT molecular complexity index is 290. The Kier molecular flexibility index (Phi) is 22.0. The van der Waals surface area contributed by atoms with E-state index in [0.717, 1.165) is 5.66 Å². The average molecular weight is 428 g/mol. The Balaban J connectivity index is 5.01. The van der Waals surface area contributed by atoms with Crippen molar-refractivity contribution in [2.75, 3.05) is 18.5 Å². The summed E-state index contributed by atoms with van der Waals surface area (Å²) in [7, 11) is -0.771. The van der Waals surface area contributed by atoms with Crippen molar-refractivity contribution in [3.05, 3.63) is 0 Å². The molecule has 0 rings (SSSR count). The van der Waals surface area contributed by atoms with E-state index in [1.165, 1.54) is 109 Å². The average Bonchev–Trinajstić information content (AvgIpc) is 2.74. The molecule has 0 aliphatic rings. The van der Waals surface area contributed by atoms with Gasteiger partial charge in [-0.2, -0.15) is 0 Å². The molecule has 0 amide bonds. The SMILES string of the molecule is CCCCCCCCCC(CCCCCC)[P+](CCCC)(CCCC)CCCC. The number of rotatable bonds is 23. The molecule has 1 unspecified atom stereocenters. The zero-order valence-corrected chi connectivity index (χ0v) is 22.5. The predicted octanol–water partition coefficient (Wildman–Crippen LogP) is 10.9. The van der Waals surface area contributed by atoms with Crippen LogP contribution in [0.3, 0.4) is 0 Å². The first-order valence-electron chi connectivity index (χ1n) is 14.1. The van der Waals surface area contributed by atoms with Gasteiger partial charge in [0.2, 0.25) is 0 Å². The van der Waals surface area contributed by atoms with Crippen molar-refractivity contribution in [3.8, 4) is 0 Å². The summed E-state index contributed by atoms with van der Waals surface area (Å²) in [5.41, 5.74) is 1.11. The van der Waals surface area contributed by atoms with Crippen molar-refractivity contribution in [2.45, 2.75) is 162 Å². The van der Waals surface area contributed by atoms with Crippen LogP contribution in [0.4, 0.5) is 0 Å². The number of unbranched alkanes of at least 4 members (excludes halogenated alkanes) is 12. The van der Waals surface area contributed by atoms with Gasteiger partial charge in [0, 0.05) is 7.26 Å². The minimum atomic E-state index is -0.771. The highest BCUT2D eigenvalue weighted by Crippen LogP contribution is 2.67. The van der Waals surface area contributed by atoms with E-state index >= 15 is 0 Å². The first-order valence-corrected chi connectivity index (χ1v) is 16.5. The second kappa shape index (κ2) is 21.7. The minimum absolute atomic E-state index is 0.771. The van der Waals surface area contributed by atoms with E-state index in [9.17, 15) is 0 Å². The van der Waals surface area contributed by atoms with Crippen LogP contribution in [0, 0.1) is 0 Å². The molecular formula is C28H60P+. The molecule has 1 heteroatoms. The Morgan fingerprint density at radius 3 is 1.07 bits per heavy atom. The van der Waals surface area contributed by atoms with Crippen molar-refractivity contribution >= 4 is 7.26 Å². The van der Waals surface area contributed by atoms with Crippen LogP contribution in [-0.2, 0) is 0 Å². The highest BCUT2D eigenvalue weighted by Gasteiger charge is 2.42. The van der Waals surface area contributed by atoms with Crippen LogP contribution in [0.25, 0.3) is 0 Å². The minimum Gasteiger partial charge on any atom is -0.0654 e. The van der Waals surface area contributed by atoms with Crippen LogP contribution in [0.1, 0.15) is 157 Å². The van der Waals surface area contributed by atoms with Crippen molar-refractivity contribution < 1.29 is 0 Å². The lowest BCUT2D eigenvalue weighted by Crippen LogP contribution is -2.23. The topological polar surface area (TPSA) is 0 Å². The van der Waals surface area contributed by atoms with Crippen LogP contribution in [0.2, 0.25) is 0 Å². The summed E-state index contributed by atoms with van der Waals surface area (Å²) < 4.78 is 0. The molecule has 0 aromatic rings.